The van der Waals surface area contributed by atoms with E-state index in [1.165, 1.54) is 12.3 Å². The largest absolute Gasteiger partial charge is 0.459 e. The lowest BCUT2D eigenvalue weighted by atomic mass is 10.1. The van der Waals surface area contributed by atoms with Gasteiger partial charge in [0.2, 0.25) is 0 Å². The van der Waals surface area contributed by atoms with Gasteiger partial charge in [0.25, 0.3) is 11.8 Å². The smallest absolute Gasteiger partial charge is 0.338 e. The van der Waals surface area contributed by atoms with E-state index in [9.17, 15) is 14.4 Å². The summed E-state index contributed by atoms with van der Waals surface area (Å²) in [4.78, 5) is 38.5. The summed E-state index contributed by atoms with van der Waals surface area (Å²) in [5.74, 6) is -1.16. The van der Waals surface area contributed by atoms with Crippen LogP contribution in [0.25, 0.3) is 0 Å². The molecule has 1 aromatic carbocycles. The molecule has 0 aliphatic carbocycles. The van der Waals surface area contributed by atoms with Gasteiger partial charge in [-0.3, -0.25) is 9.59 Å². The van der Waals surface area contributed by atoms with Crippen LogP contribution in [0.3, 0.4) is 0 Å². The van der Waals surface area contributed by atoms with Gasteiger partial charge in [-0.2, -0.15) is 0 Å². The fraction of sp³-hybridized carbons (Fsp3) is 0.381. The molecular formula is C21H24N2O6. The van der Waals surface area contributed by atoms with Crippen molar-refractivity contribution in [2.75, 3.05) is 25.0 Å². The third kappa shape index (κ3) is 5.23. The van der Waals surface area contributed by atoms with Crippen molar-refractivity contribution in [1.29, 1.82) is 0 Å². The number of amides is 2. The van der Waals surface area contributed by atoms with Crippen LogP contribution >= 0.6 is 0 Å². The van der Waals surface area contributed by atoms with Gasteiger partial charge in [-0.1, -0.05) is 6.07 Å². The van der Waals surface area contributed by atoms with Crippen LogP contribution in [0, 0.1) is 6.92 Å². The number of rotatable bonds is 5. The van der Waals surface area contributed by atoms with Gasteiger partial charge in [-0.25, -0.2) is 4.79 Å². The molecule has 2 aromatic rings. The molecule has 2 amide bonds. The van der Waals surface area contributed by atoms with Gasteiger partial charge in [0, 0.05) is 18.8 Å². The maximum absolute atomic E-state index is 12.4. The molecule has 29 heavy (non-hydrogen) atoms. The summed E-state index contributed by atoms with van der Waals surface area (Å²) >= 11 is 0. The molecule has 1 aromatic heterocycles. The van der Waals surface area contributed by atoms with Crippen LogP contribution in [0.4, 0.5) is 5.69 Å². The Bertz CT molecular complexity index is 883. The summed E-state index contributed by atoms with van der Waals surface area (Å²) in [5, 5.41) is 2.70. The Morgan fingerprint density at radius 1 is 1.17 bits per heavy atom. The molecular weight excluding hydrogens is 376 g/mol. The number of ether oxygens (including phenoxy) is 2. The minimum Gasteiger partial charge on any atom is -0.459 e. The zero-order valence-electron chi connectivity index (χ0n) is 16.6. The first-order chi connectivity index (χ1) is 13.8. The number of esters is 1. The van der Waals surface area contributed by atoms with Crippen molar-refractivity contribution < 1.29 is 28.3 Å². The fourth-order valence-corrected chi connectivity index (χ4v) is 3.16. The molecule has 8 heteroatoms. The van der Waals surface area contributed by atoms with Crippen molar-refractivity contribution in [3.8, 4) is 0 Å². The van der Waals surface area contributed by atoms with Crippen LogP contribution in [0.15, 0.2) is 41.0 Å². The van der Waals surface area contributed by atoms with Gasteiger partial charge >= 0.3 is 5.97 Å². The molecule has 1 saturated heterocycles. The Hall–Kier alpha value is -3.13. The van der Waals surface area contributed by atoms with Crippen LogP contribution in [0.2, 0.25) is 0 Å². The van der Waals surface area contributed by atoms with E-state index in [1.807, 2.05) is 13.8 Å². The third-order valence-electron chi connectivity index (χ3n) is 4.57. The van der Waals surface area contributed by atoms with Crippen LogP contribution in [0.1, 0.15) is 40.3 Å². The van der Waals surface area contributed by atoms with Crippen LogP contribution < -0.4 is 5.32 Å². The number of morpholine rings is 1. The van der Waals surface area contributed by atoms with E-state index in [4.69, 9.17) is 13.9 Å². The molecule has 1 fully saturated rings. The number of aryl methyl sites for hydroxylation is 1. The Morgan fingerprint density at radius 2 is 1.90 bits per heavy atom. The van der Waals surface area contributed by atoms with Crippen LogP contribution in [-0.2, 0) is 14.3 Å². The number of carbonyl (C=O) groups is 3. The molecule has 0 unspecified atom stereocenters. The number of benzene rings is 1. The predicted octanol–water partition coefficient (Wildman–Crippen LogP) is 2.63. The number of hydrogen-bond donors (Lipinski definition) is 1. The summed E-state index contributed by atoms with van der Waals surface area (Å²) < 4.78 is 15.9. The molecule has 0 saturated carbocycles. The van der Waals surface area contributed by atoms with Gasteiger partial charge in [0.1, 0.15) is 0 Å². The first-order valence-corrected chi connectivity index (χ1v) is 9.39. The van der Waals surface area contributed by atoms with E-state index >= 15 is 0 Å². The minimum absolute atomic E-state index is 0.0594. The number of furan rings is 1. The minimum atomic E-state index is -0.638. The highest BCUT2D eigenvalue weighted by atomic mass is 16.5. The van der Waals surface area contributed by atoms with Gasteiger partial charge in [0.05, 0.1) is 24.0 Å². The van der Waals surface area contributed by atoms with Gasteiger partial charge in [-0.05, 0) is 50.6 Å². The lowest BCUT2D eigenvalue weighted by Gasteiger charge is -2.35. The molecule has 0 radical (unpaired) electrons. The SMILES string of the molecule is Cc1ccc(C(=O)OCC(=O)N2C[C@@H](C)O[C@@H](C)C2)cc1NC(=O)c1ccco1. The van der Waals surface area contributed by atoms with Gasteiger partial charge < -0.3 is 24.1 Å². The van der Waals surface area contributed by atoms with E-state index in [1.54, 1.807) is 36.1 Å². The third-order valence-corrected chi connectivity index (χ3v) is 4.57. The van der Waals surface area contributed by atoms with Gasteiger partial charge in [-0.15, -0.1) is 0 Å². The molecule has 8 nitrogen and oxygen atoms in total. The highest BCUT2D eigenvalue weighted by Gasteiger charge is 2.26. The molecule has 1 aliphatic heterocycles. The second-order valence-electron chi connectivity index (χ2n) is 7.09. The van der Waals surface area contributed by atoms with Crippen LogP contribution in [0.5, 0.6) is 0 Å². The lowest BCUT2D eigenvalue weighted by molar-refractivity contribution is -0.146. The Kier molecular flexibility index (Phi) is 6.33. The molecule has 154 valence electrons. The monoisotopic (exact) mass is 400 g/mol. The number of carbonyl (C=O) groups excluding carboxylic acids is 3. The average molecular weight is 400 g/mol. The standard InChI is InChI=1S/C21H24N2O6/c1-13-6-7-16(9-17(13)22-20(25)18-5-4-8-27-18)21(26)28-12-19(24)23-10-14(2)29-15(3)11-23/h4-9,14-15H,10-12H2,1-3H3,(H,22,25)/t14-,15+. The molecule has 2 heterocycles. The second-order valence-corrected chi connectivity index (χ2v) is 7.09. The van der Waals surface area contributed by atoms with E-state index in [2.05, 4.69) is 5.32 Å². The second kappa shape index (κ2) is 8.91. The summed E-state index contributed by atoms with van der Waals surface area (Å²) in [6.07, 6.45) is 1.29. The average Bonchev–Trinajstić information content (AvgIpc) is 3.21. The van der Waals surface area contributed by atoms with Crippen molar-refractivity contribution in [2.24, 2.45) is 0 Å². The number of nitrogens with one attached hydrogen (secondary N) is 1. The molecule has 2 atom stereocenters. The van der Waals surface area contributed by atoms with Crippen molar-refractivity contribution in [3.63, 3.8) is 0 Å². The van der Waals surface area contributed by atoms with Crippen molar-refractivity contribution in [3.05, 3.63) is 53.5 Å². The number of hydrogen-bond acceptors (Lipinski definition) is 6. The molecule has 1 N–H and O–H groups in total. The first kappa shape index (κ1) is 20.6. The Labute approximate surface area is 168 Å². The summed E-state index contributed by atoms with van der Waals surface area (Å²) in [6.45, 7) is 6.18. The van der Waals surface area contributed by atoms with E-state index in [-0.39, 0.29) is 36.0 Å². The highest BCUT2D eigenvalue weighted by Crippen LogP contribution is 2.19. The zero-order valence-corrected chi connectivity index (χ0v) is 16.6. The topological polar surface area (TPSA) is 98.1 Å². The molecule has 0 bridgehead atoms. The predicted molar refractivity (Wildman–Crippen MR) is 105 cm³/mol. The first-order valence-electron chi connectivity index (χ1n) is 9.39. The van der Waals surface area contributed by atoms with Gasteiger partial charge in [0.15, 0.2) is 12.4 Å². The Morgan fingerprint density at radius 3 is 2.55 bits per heavy atom. The quantitative estimate of drug-likeness (QED) is 0.775. The maximum atomic E-state index is 12.4. The Balaban J connectivity index is 1.60. The molecule has 0 spiro atoms. The normalized spacial score (nSPS) is 18.9. The summed E-state index contributed by atoms with van der Waals surface area (Å²) in [6, 6.07) is 7.96. The van der Waals surface area contributed by atoms with E-state index in [0.717, 1.165) is 5.56 Å². The molecule has 3 rings (SSSR count). The summed E-state index contributed by atoms with van der Waals surface area (Å²) in [5.41, 5.74) is 1.47. The maximum Gasteiger partial charge on any atom is 0.338 e. The van der Waals surface area contributed by atoms with E-state index in [0.29, 0.717) is 18.8 Å². The fourth-order valence-electron chi connectivity index (χ4n) is 3.16. The highest BCUT2D eigenvalue weighted by molar-refractivity contribution is 6.03. The van der Waals surface area contributed by atoms with Crippen molar-refractivity contribution >= 4 is 23.5 Å². The van der Waals surface area contributed by atoms with E-state index < -0.39 is 11.9 Å². The summed E-state index contributed by atoms with van der Waals surface area (Å²) in [7, 11) is 0. The molecule has 1 aliphatic rings. The number of nitrogens with zero attached hydrogens (tertiary/aromatic N) is 1. The lowest BCUT2D eigenvalue weighted by Crippen LogP contribution is -2.49. The number of anilines is 1. The van der Waals surface area contributed by atoms with Crippen molar-refractivity contribution in [1.82, 2.24) is 4.90 Å². The van der Waals surface area contributed by atoms with Crippen LogP contribution in [-0.4, -0.2) is 54.6 Å². The van der Waals surface area contributed by atoms with Crippen molar-refractivity contribution in [2.45, 2.75) is 33.0 Å². The zero-order chi connectivity index (χ0) is 21.0.